The minimum absolute atomic E-state index is 0.0274. The van der Waals surface area contributed by atoms with E-state index in [2.05, 4.69) is 159 Å². The summed E-state index contributed by atoms with van der Waals surface area (Å²) in [6, 6.07) is 28.8. The van der Waals surface area contributed by atoms with Gasteiger partial charge in [-0.25, -0.2) is 4.58 Å². The van der Waals surface area contributed by atoms with Crippen LogP contribution in [0.3, 0.4) is 0 Å². The van der Waals surface area contributed by atoms with Crippen LogP contribution in [0.2, 0.25) is 0 Å². The van der Waals surface area contributed by atoms with Crippen molar-refractivity contribution in [1.29, 1.82) is 0 Å². The van der Waals surface area contributed by atoms with Gasteiger partial charge < -0.3 is 14.7 Å². The lowest BCUT2D eigenvalue weighted by Gasteiger charge is -2.27. The molecule has 0 radical (unpaired) electrons. The molecule has 0 bridgehead atoms. The molecule has 3 heterocycles. The first-order valence-electron chi connectivity index (χ1n) is 17.7. The maximum Gasteiger partial charge on any atom is 0.206 e. The summed E-state index contributed by atoms with van der Waals surface area (Å²) in [5.41, 5.74) is 14.0. The Bertz CT molecular complexity index is 1710. The molecule has 3 aliphatic heterocycles. The maximum absolute atomic E-state index is 2.72. The molecular formula is C43H52N4+2. The van der Waals surface area contributed by atoms with Crippen LogP contribution in [-0.4, -0.2) is 50.6 Å². The van der Waals surface area contributed by atoms with Crippen LogP contribution in [0.4, 0.5) is 11.4 Å². The highest BCUT2D eigenvalue weighted by Crippen LogP contribution is 2.48. The summed E-state index contributed by atoms with van der Waals surface area (Å²) in [5, 5.41) is 0. The Morgan fingerprint density at radius 3 is 1.60 bits per heavy atom. The van der Waals surface area contributed by atoms with Gasteiger partial charge in [-0.15, -0.1) is 0 Å². The van der Waals surface area contributed by atoms with Gasteiger partial charge in [-0.05, 0) is 54.7 Å². The molecular weight excluding hydrogens is 573 g/mol. The monoisotopic (exact) mass is 624 g/mol. The number of allylic oxidation sites excluding steroid dienone is 8. The van der Waals surface area contributed by atoms with Crippen molar-refractivity contribution in [3.63, 3.8) is 0 Å². The van der Waals surface area contributed by atoms with Gasteiger partial charge in [0.25, 0.3) is 0 Å². The zero-order valence-electron chi connectivity index (χ0n) is 29.3. The second-order valence-electron chi connectivity index (χ2n) is 15.0. The Kier molecular flexibility index (Phi) is 8.34. The molecule has 1 aliphatic carbocycles. The third kappa shape index (κ3) is 5.71. The van der Waals surface area contributed by atoms with E-state index in [4.69, 9.17) is 0 Å². The van der Waals surface area contributed by atoms with E-state index < -0.39 is 0 Å². The molecule has 4 heteroatoms. The summed E-state index contributed by atoms with van der Waals surface area (Å²) in [7, 11) is 4.46. The summed E-state index contributed by atoms with van der Waals surface area (Å²) in [5.74, 6) is 0. The number of likely N-dealkylation sites (N-methyl/N-ethyl adjacent to an activating group) is 2. The van der Waals surface area contributed by atoms with Gasteiger partial charge in [-0.3, -0.25) is 0 Å². The number of piperazine rings is 1. The first-order chi connectivity index (χ1) is 22.7. The van der Waals surface area contributed by atoms with E-state index in [1.54, 1.807) is 4.90 Å². The van der Waals surface area contributed by atoms with E-state index in [1.807, 2.05) is 0 Å². The molecule has 0 unspecified atom stereocenters. The first kappa shape index (κ1) is 31.4. The van der Waals surface area contributed by atoms with Crippen molar-refractivity contribution in [3.8, 4) is 0 Å². The average Bonchev–Trinajstić information content (AvgIpc) is 3.40. The number of benzene rings is 3. The molecule has 3 aromatic rings. The number of nitrogens with zero attached hydrogens (tertiary/aromatic N) is 3. The summed E-state index contributed by atoms with van der Waals surface area (Å²) in [4.78, 5) is 6.48. The fourth-order valence-corrected chi connectivity index (χ4v) is 8.71. The van der Waals surface area contributed by atoms with Crippen molar-refractivity contribution in [3.05, 3.63) is 142 Å². The molecule has 4 nitrogen and oxygen atoms in total. The third-order valence-corrected chi connectivity index (χ3v) is 11.3. The van der Waals surface area contributed by atoms with Crippen LogP contribution in [0.25, 0.3) is 0 Å². The highest BCUT2D eigenvalue weighted by molar-refractivity contribution is 6.10. The van der Waals surface area contributed by atoms with Crippen LogP contribution in [0.15, 0.2) is 126 Å². The molecule has 0 spiro atoms. The van der Waals surface area contributed by atoms with Gasteiger partial charge in [0, 0.05) is 64.4 Å². The molecule has 4 aliphatic rings. The van der Waals surface area contributed by atoms with Crippen molar-refractivity contribution in [2.24, 2.45) is 0 Å². The normalized spacial score (nSPS) is 25.3. The SMILES string of the molecule is CN1/C(=C/C=C2\CCC/C(=C\C=C3\N(C)c4ccccc4C3(C)C)C2=[N+]2CC[NH+](Cc3ccccc3)CC2)C(C)(C)c2ccccc21. The smallest absolute Gasteiger partial charge is 0.206 e. The second kappa shape index (κ2) is 12.5. The molecule has 0 aromatic heterocycles. The Balaban J connectivity index is 1.25. The number of nitrogens with one attached hydrogen (secondary N) is 1. The van der Waals surface area contributed by atoms with E-state index in [0.717, 1.165) is 45.6 Å². The summed E-state index contributed by atoms with van der Waals surface area (Å²) in [6.45, 7) is 15.1. The lowest BCUT2D eigenvalue weighted by Crippen LogP contribution is -3.13. The number of anilines is 2. The van der Waals surface area contributed by atoms with E-state index in [0.29, 0.717) is 0 Å². The van der Waals surface area contributed by atoms with Gasteiger partial charge in [-0.2, -0.15) is 0 Å². The molecule has 47 heavy (non-hydrogen) atoms. The predicted octanol–water partition coefficient (Wildman–Crippen LogP) is 7.20. The minimum atomic E-state index is -0.0274. The van der Waals surface area contributed by atoms with Gasteiger partial charge in [0.05, 0.1) is 0 Å². The standard InChI is InChI=1S/C43H51N4/c1-42(2)35-19-10-12-21-37(35)44(5)39(42)25-23-33-17-14-18-34(24-26-40-43(3,4)36-20-11-13-22-38(36)45(40)6)41(33)47-29-27-46(28-30-47)31-32-15-8-7-9-16-32/h7-13,15-16,19-26H,14,17-18,27-31H2,1-6H3/q+1/p+1. The van der Waals surface area contributed by atoms with Crippen molar-refractivity contribution >= 4 is 17.1 Å². The Hall–Kier alpha value is -4.15. The fraction of sp³-hybridized carbons (Fsp3) is 0.372. The van der Waals surface area contributed by atoms with Crippen LogP contribution < -0.4 is 14.7 Å². The topological polar surface area (TPSA) is 13.9 Å². The Morgan fingerprint density at radius 2 is 1.11 bits per heavy atom. The first-order valence-corrected chi connectivity index (χ1v) is 17.7. The quantitative estimate of drug-likeness (QED) is 0.309. The number of rotatable bonds is 4. The van der Waals surface area contributed by atoms with Crippen LogP contribution in [0, 0.1) is 0 Å². The van der Waals surface area contributed by atoms with E-state index in [1.165, 1.54) is 62.7 Å². The Morgan fingerprint density at radius 1 is 0.638 bits per heavy atom. The molecule has 2 fully saturated rings. The molecule has 0 amide bonds. The number of fused-ring (bicyclic) bond motifs is 2. The summed E-state index contributed by atoms with van der Waals surface area (Å²) >= 11 is 0. The second-order valence-corrected chi connectivity index (χ2v) is 15.0. The molecule has 1 N–H and O–H groups in total. The van der Waals surface area contributed by atoms with Crippen LogP contribution in [-0.2, 0) is 17.4 Å². The van der Waals surface area contributed by atoms with E-state index >= 15 is 0 Å². The lowest BCUT2D eigenvalue weighted by molar-refractivity contribution is -0.944. The van der Waals surface area contributed by atoms with Crippen LogP contribution >= 0.6 is 0 Å². The zero-order chi connectivity index (χ0) is 32.8. The Labute approximate surface area is 282 Å². The molecule has 0 atom stereocenters. The highest BCUT2D eigenvalue weighted by Gasteiger charge is 2.39. The molecule has 1 saturated heterocycles. The maximum atomic E-state index is 2.72. The van der Waals surface area contributed by atoms with Gasteiger partial charge in [0.1, 0.15) is 19.6 Å². The van der Waals surface area contributed by atoms with E-state index in [-0.39, 0.29) is 10.8 Å². The summed E-state index contributed by atoms with van der Waals surface area (Å²) < 4.78 is 2.72. The highest BCUT2D eigenvalue weighted by atomic mass is 15.2. The van der Waals surface area contributed by atoms with Crippen molar-refractivity contribution < 1.29 is 9.48 Å². The number of para-hydroxylation sites is 2. The van der Waals surface area contributed by atoms with Gasteiger partial charge in [0.2, 0.25) is 5.71 Å². The van der Waals surface area contributed by atoms with Crippen molar-refractivity contribution in [2.75, 3.05) is 50.1 Å². The predicted molar refractivity (Wildman–Crippen MR) is 198 cm³/mol. The number of quaternary nitrogens is 1. The van der Waals surface area contributed by atoms with Gasteiger partial charge in [-0.1, -0.05) is 107 Å². The minimum Gasteiger partial charge on any atom is -0.347 e. The van der Waals surface area contributed by atoms with Crippen molar-refractivity contribution in [2.45, 2.75) is 64.3 Å². The molecule has 7 rings (SSSR count). The van der Waals surface area contributed by atoms with Crippen LogP contribution in [0.5, 0.6) is 0 Å². The molecule has 3 aromatic carbocycles. The molecule has 1 saturated carbocycles. The zero-order valence-corrected chi connectivity index (χ0v) is 29.3. The number of hydrogen-bond donors (Lipinski definition) is 1. The lowest BCUT2D eigenvalue weighted by atomic mass is 9.82. The van der Waals surface area contributed by atoms with Gasteiger partial charge >= 0.3 is 0 Å². The summed E-state index contributed by atoms with van der Waals surface area (Å²) in [6.07, 6.45) is 13.2. The third-order valence-electron chi connectivity index (χ3n) is 11.3. The largest absolute Gasteiger partial charge is 0.347 e. The molecule has 242 valence electrons. The van der Waals surface area contributed by atoms with E-state index in [9.17, 15) is 0 Å². The number of hydrogen-bond acceptors (Lipinski definition) is 2. The van der Waals surface area contributed by atoms with Gasteiger partial charge in [0.15, 0.2) is 13.1 Å². The van der Waals surface area contributed by atoms with Crippen LogP contribution in [0.1, 0.15) is 63.6 Å². The fourth-order valence-electron chi connectivity index (χ4n) is 8.71. The van der Waals surface area contributed by atoms with Crippen molar-refractivity contribution in [1.82, 2.24) is 0 Å². The average molecular weight is 625 g/mol.